The molecule has 2 aliphatic heterocycles. The van der Waals surface area contributed by atoms with E-state index in [1.807, 2.05) is 24.6 Å². The van der Waals surface area contributed by atoms with Crippen LogP contribution < -0.4 is 10.2 Å². The Kier molecular flexibility index (Phi) is 5.50. The van der Waals surface area contributed by atoms with Crippen LogP contribution in [0.25, 0.3) is 0 Å². The second-order valence-electron chi connectivity index (χ2n) is 6.67. The van der Waals surface area contributed by atoms with Gasteiger partial charge in [0.2, 0.25) is 11.9 Å². The molecule has 0 aliphatic carbocycles. The van der Waals surface area contributed by atoms with Crippen LogP contribution in [0.3, 0.4) is 0 Å². The lowest BCUT2D eigenvalue weighted by Crippen LogP contribution is -2.28. The first-order valence-electron chi connectivity index (χ1n) is 9.11. The first kappa shape index (κ1) is 17.5. The Morgan fingerprint density at radius 2 is 1.96 bits per heavy atom. The van der Waals surface area contributed by atoms with Crippen molar-refractivity contribution in [1.29, 1.82) is 0 Å². The smallest absolute Gasteiger partial charge is 0.225 e. The van der Waals surface area contributed by atoms with Gasteiger partial charge in [0.05, 0.1) is 0 Å². The zero-order valence-electron chi connectivity index (χ0n) is 15.0. The minimum atomic E-state index is 0.308. The van der Waals surface area contributed by atoms with E-state index in [1.165, 1.54) is 0 Å². The Balaban J connectivity index is 1.40. The average molecular weight is 372 g/mol. The van der Waals surface area contributed by atoms with Gasteiger partial charge in [0.25, 0.3) is 0 Å². The summed E-state index contributed by atoms with van der Waals surface area (Å²) in [6, 6.07) is 4.28. The van der Waals surface area contributed by atoms with E-state index in [4.69, 9.17) is 9.72 Å². The van der Waals surface area contributed by atoms with Crippen molar-refractivity contribution in [3.63, 3.8) is 0 Å². The molecule has 0 aromatic carbocycles. The van der Waals surface area contributed by atoms with Gasteiger partial charge in [0.1, 0.15) is 5.03 Å². The quantitative estimate of drug-likeness (QED) is 0.634. The number of nitrogens with zero attached hydrogens (tertiary/aromatic N) is 5. The fourth-order valence-electron chi connectivity index (χ4n) is 3.50. The SMILES string of the molecule is CSc1ccnc(NC2CCN(c3nccc(C4CCOCC4)n3)C2)n1. The van der Waals surface area contributed by atoms with E-state index in [1.54, 1.807) is 18.0 Å². The van der Waals surface area contributed by atoms with E-state index in [-0.39, 0.29) is 0 Å². The highest BCUT2D eigenvalue weighted by Gasteiger charge is 2.26. The zero-order valence-corrected chi connectivity index (χ0v) is 15.8. The predicted octanol–water partition coefficient (Wildman–Crippen LogP) is 2.57. The van der Waals surface area contributed by atoms with E-state index in [0.717, 1.165) is 62.2 Å². The molecule has 0 saturated carbocycles. The molecule has 2 saturated heterocycles. The summed E-state index contributed by atoms with van der Waals surface area (Å²) in [6.45, 7) is 3.46. The van der Waals surface area contributed by atoms with Crippen molar-refractivity contribution in [2.45, 2.75) is 36.2 Å². The molecule has 4 heterocycles. The van der Waals surface area contributed by atoms with Crippen molar-refractivity contribution < 1.29 is 4.74 Å². The Morgan fingerprint density at radius 1 is 1.12 bits per heavy atom. The van der Waals surface area contributed by atoms with Crippen molar-refractivity contribution in [3.05, 3.63) is 30.2 Å². The van der Waals surface area contributed by atoms with Crippen LogP contribution in [0.2, 0.25) is 0 Å². The molecule has 0 amide bonds. The van der Waals surface area contributed by atoms with E-state index in [0.29, 0.717) is 17.9 Å². The van der Waals surface area contributed by atoms with Gasteiger partial charge in [-0.3, -0.25) is 0 Å². The normalized spacial score (nSPS) is 21.1. The van der Waals surface area contributed by atoms with Gasteiger partial charge < -0.3 is 15.0 Å². The molecule has 26 heavy (non-hydrogen) atoms. The maximum absolute atomic E-state index is 5.46. The Labute approximate surface area is 158 Å². The van der Waals surface area contributed by atoms with Crippen LogP contribution in [0, 0.1) is 0 Å². The van der Waals surface area contributed by atoms with Crippen molar-refractivity contribution in [3.8, 4) is 0 Å². The summed E-state index contributed by atoms with van der Waals surface area (Å²) >= 11 is 1.62. The van der Waals surface area contributed by atoms with Crippen LogP contribution in [0.5, 0.6) is 0 Å². The number of aromatic nitrogens is 4. The van der Waals surface area contributed by atoms with Crippen molar-refractivity contribution in [1.82, 2.24) is 19.9 Å². The first-order chi connectivity index (χ1) is 12.8. The molecule has 0 radical (unpaired) electrons. The monoisotopic (exact) mass is 372 g/mol. The fourth-order valence-corrected chi connectivity index (χ4v) is 3.88. The molecule has 1 N–H and O–H groups in total. The van der Waals surface area contributed by atoms with Crippen LogP contribution in [0.4, 0.5) is 11.9 Å². The average Bonchev–Trinajstić information content (AvgIpc) is 3.17. The summed E-state index contributed by atoms with van der Waals surface area (Å²) in [5.41, 5.74) is 1.14. The van der Waals surface area contributed by atoms with Gasteiger partial charge in [-0.25, -0.2) is 19.9 Å². The number of anilines is 2. The van der Waals surface area contributed by atoms with E-state index >= 15 is 0 Å². The van der Waals surface area contributed by atoms with Gasteiger partial charge in [0, 0.05) is 56.4 Å². The van der Waals surface area contributed by atoms with Gasteiger partial charge in [-0.2, -0.15) is 0 Å². The lowest BCUT2D eigenvalue weighted by molar-refractivity contribution is 0.0845. The van der Waals surface area contributed by atoms with Crippen LogP contribution in [-0.2, 0) is 4.74 Å². The molecule has 1 atom stereocenters. The summed E-state index contributed by atoms with van der Waals surface area (Å²) in [6.07, 6.45) is 8.82. The predicted molar refractivity (Wildman–Crippen MR) is 103 cm³/mol. The highest BCUT2D eigenvalue weighted by atomic mass is 32.2. The van der Waals surface area contributed by atoms with Gasteiger partial charge in [-0.1, -0.05) is 0 Å². The standard InChI is InChI=1S/C18H24N6OS/c1-26-16-3-8-19-17(23-16)21-14-4-9-24(12-14)18-20-7-2-15(22-18)13-5-10-25-11-6-13/h2-3,7-8,13-14H,4-6,9-12H2,1H3,(H,19,21,23). The molecule has 2 aromatic rings. The summed E-state index contributed by atoms with van der Waals surface area (Å²) in [4.78, 5) is 20.4. The lowest BCUT2D eigenvalue weighted by atomic mass is 9.96. The van der Waals surface area contributed by atoms with Gasteiger partial charge >= 0.3 is 0 Å². The number of nitrogens with one attached hydrogen (secondary N) is 1. The number of thioether (sulfide) groups is 1. The van der Waals surface area contributed by atoms with E-state index < -0.39 is 0 Å². The second kappa shape index (κ2) is 8.18. The van der Waals surface area contributed by atoms with Crippen LogP contribution in [0.15, 0.2) is 29.6 Å². The topological polar surface area (TPSA) is 76.1 Å². The van der Waals surface area contributed by atoms with E-state index in [9.17, 15) is 0 Å². The molecule has 138 valence electrons. The van der Waals surface area contributed by atoms with Crippen molar-refractivity contribution in [2.75, 3.05) is 42.8 Å². The molecule has 0 bridgehead atoms. The van der Waals surface area contributed by atoms with Crippen LogP contribution in [-0.4, -0.2) is 58.5 Å². The van der Waals surface area contributed by atoms with Crippen molar-refractivity contribution in [2.24, 2.45) is 0 Å². The minimum absolute atomic E-state index is 0.308. The molecule has 1 unspecified atom stereocenters. The molecule has 8 heteroatoms. The third kappa shape index (κ3) is 4.07. The number of rotatable bonds is 5. The number of hydrogen-bond donors (Lipinski definition) is 1. The summed E-state index contributed by atoms with van der Waals surface area (Å²) in [5, 5.41) is 4.42. The molecule has 7 nitrogen and oxygen atoms in total. The van der Waals surface area contributed by atoms with Gasteiger partial charge in [0.15, 0.2) is 0 Å². The zero-order chi connectivity index (χ0) is 17.8. The second-order valence-corrected chi connectivity index (χ2v) is 7.49. The Morgan fingerprint density at radius 3 is 2.81 bits per heavy atom. The summed E-state index contributed by atoms with van der Waals surface area (Å²) in [7, 11) is 0. The molecule has 0 spiro atoms. The minimum Gasteiger partial charge on any atom is -0.381 e. The van der Waals surface area contributed by atoms with Gasteiger partial charge in [-0.15, -0.1) is 11.8 Å². The molecular formula is C18H24N6OS. The highest BCUT2D eigenvalue weighted by molar-refractivity contribution is 7.98. The maximum atomic E-state index is 5.46. The third-order valence-electron chi connectivity index (χ3n) is 4.95. The summed E-state index contributed by atoms with van der Waals surface area (Å²) in [5.74, 6) is 2.02. The fraction of sp³-hybridized carbons (Fsp3) is 0.556. The highest BCUT2D eigenvalue weighted by Crippen LogP contribution is 2.27. The van der Waals surface area contributed by atoms with Crippen LogP contribution >= 0.6 is 11.8 Å². The van der Waals surface area contributed by atoms with Crippen LogP contribution in [0.1, 0.15) is 30.9 Å². The lowest BCUT2D eigenvalue weighted by Gasteiger charge is -2.23. The third-order valence-corrected chi connectivity index (χ3v) is 5.59. The Hall–Kier alpha value is -1.93. The number of hydrogen-bond acceptors (Lipinski definition) is 8. The van der Waals surface area contributed by atoms with Crippen molar-refractivity contribution >= 4 is 23.7 Å². The molecule has 2 fully saturated rings. The maximum Gasteiger partial charge on any atom is 0.225 e. The molecule has 2 aromatic heterocycles. The van der Waals surface area contributed by atoms with Gasteiger partial charge in [-0.05, 0) is 37.7 Å². The first-order valence-corrected chi connectivity index (χ1v) is 10.3. The van der Waals surface area contributed by atoms with E-state index in [2.05, 4.69) is 25.2 Å². The molecular weight excluding hydrogens is 348 g/mol. The molecule has 2 aliphatic rings. The Bertz CT molecular complexity index is 739. The largest absolute Gasteiger partial charge is 0.381 e. The number of ether oxygens (including phenoxy) is 1. The molecule has 4 rings (SSSR count). The summed E-state index contributed by atoms with van der Waals surface area (Å²) < 4.78 is 5.46.